The number of hydrogen-bond donors (Lipinski definition) is 3. The lowest BCUT2D eigenvalue weighted by molar-refractivity contribution is 0.173. The van der Waals surface area contributed by atoms with Gasteiger partial charge in [-0.1, -0.05) is 49.4 Å². The molecule has 3 aromatic heterocycles. The van der Waals surface area contributed by atoms with E-state index in [1.54, 1.807) is 58.8 Å². The van der Waals surface area contributed by atoms with Crippen LogP contribution in [0.25, 0.3) is 67.2 Å². The molecule has 384 valence electrons. The predicted octanol–water partition coefficient (Wildman–Crippen LogP) is 10.9. The van der Waals surface area contributed by atoms with Gasteiger partial charge in [-0.05, 0) is 136 Å². The zero-order valence-corrected chi connectivity index (χ0v) is 42.1. The monoisotopic (exact) mass is 1020 g/mol. The summed E-state index contributed by atoms with van der Waals surface area (Å²) in [5.74, 6) is 6.73. The first-order valence-corrected chi connectivity index (χ1v) is 24.1. The zero-order chi connectivity index (χ0) is 52.7. The summed E-state index contributed by atoms with van der Waals surface area (Å²) in [6.45, 7) is 2.79. The summed E-state index contributed by atoms with van der Waals surface area (Å²) in [4.78, 5) is 45.2. The van der Waals surface area contributed by atoms with Gasteiger partial charge in [0, 0.05) is 46.8 Å². The van der Waals surface area contributed by atoms with Crippen LogP contribution >= 0.6 is 0 Å². The number of benzene rings is 6. The number of methoxy groups -OCH3 is 4. The number of aryl methyl sites for hydroxylation is 1. The van der Waals surface area contributed by atoms with Crippen LogP contribution in [0.5, 0.6) is 57.5 Å². The van der Waals surface area contributed by atoms with E-state index < -0.39 is 0 Å². The fourth-order valence-corrected chi connectivity index (χ4v) is 8.76. The molecule has 0 unspecified atom stereocenters. The van der Waals surface area contributed by atoms with E-state index in [1.807, 2.05) is 109 Å². The van der Waals surface area contributed by atoms with Crippen LogP contribution in [-0.2, 0) is 6.42 Å². The molecular formula is C60H51N3O13. The Labute approximate surface area is 435 Å². The van der Waals surface area contributed by atoms with Gasteiger partial charge in [-0.2, -0.15) is 0 Å². The fraction of sp³-hybridized carbons (Fsp3) is 0.150. The molecule has 0 radical (unpaired) electrons. The number of aromatic nitrogens is 3. The lowest BCUT2D eigenvalue weighted by atomic mass is 10.0. The number of H-pyrrole nitrogens is 3. The predicted molar refractivity (Wildman–Crippen MR) is 288 cm³/mol. The molecule has 9 aromatic rings. The van der Waals surface area contributed by atoms with E-state index in [1.165, 1.54) is 5.56 Å². The van der Waals surface area contributed by atoms with E-state index in [-0.39, 0.29) is 37.1 Å². The van der Waals surface area contributed by atoms with Crippen LogP contribution in [0.4, 0.5) is 0 Å². The summed E-state index contributed by atoms with van der Waals surface area (Å²) >= 11 is 0. The quantitative estimate of drug-likeness (QED) is 0.111. The minimum absolute atomic E-state index is 0.125. The molecule has 12 rings (SSSR count). The van der Waals surface area contributed by atoms with Crippen molar-refractivity contribution < 1.29 is 47.4 Å². The molecule has 16 heteroatoms. The minimum atomic E-state index is -0.201. The number of pyridine rings is 3. The van der Waals surface area contributed by atoms with E-state index in [0.717, 1.165) is 67.9 Å². The first-order valence-electron chi connectivity index (χ1n) is 24.1. The number of hydrogen-bond acceptors (Lipinski definition) is 13. The normalized spacial score (nSPS) is 12.2. The second kappa shape index (κ2) is 22.1. The van der Waals surface area contributed by atoms with Gasteiger partial charge in [-0.25, -0.2) is 0 Å². The number of nitrogens with one attached hydrogen (secondary N) is 3. The summed E-state index contributed by atoms with van der Waals surface area (Å²) in [5, 5.41) is 0. The van der Waals surface area contributed by atoms with Gasteiger partial charge in [-0.15, -0.1) is 0 Å². The number of fused-ring (bicyclic) bond motifs is 3. The molecule has 0 spiro atoms. The van der Waals surface area contributed by atoms with Gasteiger partial charge >= 0.3 is 0 Å². The summed E-state index contributed by atoms with van der Waals surface area (Å²) in [6.07, 6.45) is 0.994. The topological polar surface area (TPSA) is 191 Å². The average Bonchev–Trinajstić information content (AvgIpc) is 4.26. The molecule has 16 nitrogen and oxygen atoms in total. The van der Waals surface area contributed by atoms with Crippen molar-refractivity contribution in [3.8, 4) is 125 Å². The van der Waals surface area contributed by atoms with Crippen LogP contribution in [0, 0.1) is 0 Å². The zero-order valence-electron chi connectivity index (χ0n) is 42.1. The molecular weight excluding hydrogens is 971 g/mol. The Morgan fingerprint density at radius 3 is 1.24 bits per heavy atom. The molecule has 3 aliphatic heterocycles. The van der Waals surface area contributed by atoms with E-state index in [9.17, 15) is 14.4 Å². The van der Waals surface area contributed by atoms with E-state index in [4.69, 9.17) is 47.4 Å². The fourth-order valence-electron chi connectivity index (χ4n) is 8.76. The van der Waals surface area contributed by atoms with Crippen molar-refractivity contribution in [1.82, 2.24) is 15.0 Å². The van der Waals surface area contributed by atoms with Crippen LogP contribution in [-0.4, -0.2) is 63.8 Å². The number of ether oxygens (including phenoxy) is 10. The van der Waals surface area contributed by atoms with Crippen molar-refractivity contribution >= 4 is 0 Å². The highest BCUT2D eigenvalue weighted by Gasteiger charge is 2.19. The van der Waals surface area contributed by atoms with Crippen molar-refractivity contribution in [2.45, 2.75) is 13.3 Å². The Hall–Kier alpha value is -9.83. The van der Waals surface area contributed by atoms with Crippen molar-refractivity contribution in [3.05, 3.63) is 188 Å². The maximum absolute atomic E-state index is 12.2. The van der Waals surface area contributed by atoms with Crippen molar-refractivity contribution in [2.24, 2.45) is 0 Å². The van der Waals surface area contributed by atoms with Gasteiger partial charge in [-0.3, -0.25) is 14.4 Å². The standard InChI is InChI=1S/2C20H17NO5.C20H17NO3/c1-23-14-4-5-15(18(10-14)24-2)16-7-13(9-20(22)21-16)12-3-6-17-19(8-12)26-11-25-17;1-23-16-5-4-13(9-18(16)24-2)15-7-14(10-20(22)21-15)12-3-6-17-19(8-12)26-11-25-17;1-2-13-3-5-14(6-4-13)17-9-16(11-20(22)21-17)15-7-8-18-19(10-15)24-12-23-18/h2*3-10H,11H2,1-2H3,(H,21,22);3-11H,2,12H2,1H3,(H,21,22). The van der Waals surface area contributed by atoms with Crippen molar-refractivity contribution in [2.75, 3.05) is 48.8 Å². The largest absolute Gasteiger partial charge is 0.497 e. The van der Waals surface area contributed by atoms with Crippen molar-refractivity contribution in [1.29, 1.82) is 0 Å². The highest BCUT2D eigenvalue weighted by Crippen LogP contribution is 2.40. The Morgan fingerprint density at radius 1 is 0.355 bits per heavy atom. The first kappa shape index (κ1) is 49.7. The van der Waals surface area contributed by atoms with Gasteiger partial charge in [0.2, 0.25) is 37.1 Å². The molecule has 0 aliphatic carbocycles. The molecule has 6 heterocycles. The maximum Gasteiger partial charge on any atom is 0.249 e. The van der Waals surface area contributed by atoms with Gasteiger partial charge in [0.25, 0.3) is 0 Å². The Balaban J connectivity index is 0.000000130. The smallest absolute Gasteiger partial charge is 0.249 e. The second-order valence-corrected chi connectivity index (χ2v) is 17.3. The van der Waals surface area contributed by atoms with Gasteiger partial charge in [0.05, 0.1) is 34.1 Å². The third-order valence-corrected chi connectivity index (χ3v) is 12.7. The highest BCUT2D eigenvalue weighted by molar-refractivity contribution is 5.77. The molecule has 0 fully saturated rings. The highest BCUT2D eigenvalue weighted by atomic mass is 16.7. The van der Waals surface area contributed by atoms with E-state index in [2.05, 4.69) is 34.0 Å². The summed E-state index contributed by atoms with van der Waals surface area (Å²) in [5.41, 5.74) is 10.6. The molecule has 0 bridgehead atoms. The lowest BCUT2D eigenvalue weighted by Crippen LogP contribution is -2.06. The molecule has 0 saturated carbocycles. The molecule has 0 atom stereocenters. The number of aromatic amines is 3. The van der Waals surface area contributed by atoms with Crippen LogP contribution in [0.2, 0.25) is 0 Å². The first-order chi connectivity index (χ1) is 37.1. The van der Waals surface area contributed by atoms with Gasteiger partial charge < -0.3 is 62.3 Å². The summed E-state index contributed by atoms with van der Waals surface area (Å²) < 4.78 is 53.6. The summed E-state index contributed by atoms with van der Waals surface area (Å²) in [6, 6.07) is 46.6. The molecule has 76 heavy (non-hydrogen) atoms. The third-order valence-electron chi connectivity index (χ3n) is 12.7. The Morgan fingerprint density at radius 2 is 0.776 bits per heavy atom. The van der Waals surface area contributed by atoms with E-state index >= 15 is 0 Å². The summed E-state index contributed by atoms with van der Waals surface area (Å²) in [7, 11) is 6.34. The van der Waals surface area contributed by atoms with Gasteiger partial charge in [0.15, 0.2) is 46.0 Å². The van der Waals surface area contributed by atoms with Crippen LogP contribution in [0.3, 0.4) is 0 Å². The van der Waals surface area contributed by atoms with E-state index in [0.29, 0.717) is 63.1 Å². The molecule has 6 aromatic carbocycles. The van der Waals surface area contributed by atoms with Crippen LogP contribution < -0.4 is 64.0 Å². The maximum atomic E-state index is 12.2. The lowest BCUT2D eigenvalue weighted by Gasteiger charge is -2.12. The van der Waals surface area contributed by atoms with Crippen LogP contribution in [0.15, 0.2) is 166 Å². The minimum Gasteiger partial charge on any atom is -0.497 e. The van der Waals surface area contributed by atoms with Gasteiger partial charge in [0.1, 0.15) is 11.5 Å². The molecule has 0 amide bonds. The Bertz CT molecular complexity index is 3770. The third kappa shape index (κ3) is 10.9. The van der Waals surface area contributed by atoms with Crippen LogP contribution in [0.1, 0.15) is 12.5 Å². The molecule has 3 aliphatic rings. The average molecular weight is 1020 g/mol. The molecule has 3 N–H and O–H groups in total. The molecule has 0 saturated heterocycles. The van der Waals surface area contributed by atoms with Crippen molar-refractivity contribution in [3.63, 3.8) is 0 Å². The Kier molecular flexibility index (Phi) is 14.5. The SMILES string of the molecule is CCc1ccc(-c2cc(-c3ccc4c(c3)OCO4)cc(=O)[nH]2)cc1.COc1ccc(-c2cc(-c3ccc4c(c3)OCO4)cc(=O)[nH]2)c(OC)c1.COc1ccc(-c2cc(-c3ccc4c(c3)OCO4)cc(=O)[nH]2)cc1OC. The second-order valence-electron chi connectivity index (χ2n) is 17.3. The number of rotatable bonds is 11.